The first-order chi connectivity index (χ1) is 7.27. The first kappa shape index (κ1) is 8.73. The molecule has 2 N–H and O–H groups in total. The number of hydrogen-bond acceptors (Lipinski definition) is 4. The molecule has 0 aromatic heterocycles. The largest absolute Gasteiger partial charge is 0.454 e. The Hall–Kier alpha value is -1.55. The average molecular weight is 205 g/mol. The molecule has 1 heterocycles. The number of carbonyl (C=O) groups excluding carboxylic acids is 1. The molecule has 0 saturated heterocycles. The van der Waals surface area contributed by atoms with Gasteiger partial charge in [-0.2, -0.15) is 0 Å². The maximum absolute atomic E-state index is 11.8. The molecule has 0 fully saturated rings. The van der Waals surface area contributed by atoms with Crippen LogP contribution in [0.5, 0.6) is 11.5 Å². The Morgan fingerprint density at radius 3 is 3.07 bits per heavy atom. The van der Waals surface area contributed by atoms with E-state index in [1.807, 2.05) is 0 Å². The van der Waals surface area contributed by atoms with Crippen molar-refractivity contribution in [3.63, 3.8) is 0 Å². The molecule has 3 rings (SSSR count). The van der Waals surface area contributed by atoms with Crippen molar-refractivity contribution in [3.8, 4) is 11.5 Å². The highest BCUT2D eigenvalue weighted by Crippen LogP contribution is 2.40. The minimum Gasteiger partial charge on any atom is -0.454 e. The monoisotopic (exact) mass is 205 g/mol. The van der Waals surface area contributed by atoms with Gasteiger partial charge in [0.2, 0.25) is 6.79 Å². The van der Waals surface area contributed by atoms with Crippen molar-refractivity contribution in [2.24, 2.45) is 5.73 Å². The number of Topliss-reactive ketones (excluding diaryl/α,β-unsaturated/α-hetero) is 1. The summed E-state index contributed by atoms with van der Waals surface area (Å²) in [5.41, 5.74) is 7.36. The minimum absolute atomic E-state index is 0.00884. The van der Waals surface area contributed by atoms with E-state index in [-0.39, 0.29) is 18.6 Å². The van der Waals surface area contributed by atoms with Crippen molar-refractivity contribution in [2.75, 3.05) is 6.79 Å². The Morgan fingerprint density at radius 1 is 1.33 bits per heavy atom. The van der Waals surface area contributed by atoms with E-state index in [0.29, 0.717) is 12.0 Å². The molecule has 1 aliphatic carbocycles. The molecule has 1 aromatic carbocycles. The summed E-state index contributed by atoms with van der Waals surface area (Å²) in [5, 5.41) is 0. The fraction of sp³-hybridized carbons (Fsp3) is 0.364. The van der Waals surface area contributed by atoms with Crippen molar-refractivity contribution < 1.29 is 14.3 Å². The van der Waals surface area contributed by atoms with E-state index in [0.717, 1.165) is 23.5 Å². The van der Waals surface area contributed by atoms with Gasteiger partial charge in [-0.25, -0.2) is 0 Å². The van der Waals surface area contributed by atoms with Crippen LogP contribution in [0.1, 0.15) is 22.3 Å². The number of ether oxygens (including phenoxy) is 2. The molecule has 4 nitrogen and oxygen atoms in total. The van der Waals surface area contributed by atoms with Crippen LogP contribution in [0, 0.1) is 0 Å². The summed E-state index contributed by atoms with van der Waals surface area (Å²) in [6.45, 7) is 0.242. The van der Waals surface area contributed by atoms with Gasteiger partial charge in [-0.05, 0) is 25.0 Å². The molecule has 2 aliphatic rings. The van der Waals surface area contributed by atoms with Gasteiger partial charge in [0.1, 0.15) is 0 Å². The number of carbonyl (C=O) groups is 1. The molecule has 1 unspecified atom stereocenters. The van der Waals surface area contributed by atoms with E-state index < -0.39 is 0 Å². The lowest BCUT2D eigenvalue weighted by Gasteiger charge is -2.20. The number of nitrogens with two attached hydrogens (primary N) is 1. The van der Waals surface area contributed by atoms with Crippen molar-refractivity contribution in [2.45, 2.75) is 18.9 Å². The fourth-order valence-corrected chi connectivity index (χ4v) is 2.14. The van der Waals surface area contributed by atoms with Crippen LogP contribution in [0.3, 0.4) is 0 Å². The number of benzene rings is 1. The summed E-state index contributed by atoms with van der Waals surface area (Å²) in [5.74, 6) is 1.47. The zero-order valence-corrected chi connectivity index (χ0v) is 8.16. The van der Waals surface area contributed by atoms with E-state index in [1.165, 1.54) is 0 Å². The van der Waals surface area contributed by atoms with Gasteiger partial charge >= 0.3 is 0 Å². The van der Waals surface area contributed by atoms with Gasteiger partial charge < -0.3 is 15.2 Å². The summed E-state index contributed by atoms with van der Waals surface area (Å²) in [6.07, 6.45) is 1.47. The zero-order valence-electron chi connectivity index (χ0n) is 8.16. The predicted molar refractivity (Wildman–Crippen MR) is 53.2 cm³/mol. The van der Waals surface area contributed by atoms with E-state index in [4.69, 9.17) is 15.2 Å². The second-order valence-electron chi connectivity index (χ2n) is 3.83. The summed E-state index contributed by atoms with van der Waals surface area (Å²) in [4.78, 5) is 11.8. The van der Waals surface area contributed by atoms with E-state index in [2.05, 4.69) is 0 Å². The summed E-state index contributed by atoms with van der Waals surface area (Å²) in [7, 11) is 0. The van der Waals surface area contributed by atoms with Gasteiger partial charge in [0, 0.05) is 11.1 Å². The maximum Gasteiger partial charge on any atom is 0.231 e. The molecule has 0 spiro atoms. The highest BCUT2D eigenvalue weighted by atomic mass is 16.7. The van der Waals surface area contributed by atoms with Crippen LogP contribution in [0.15, 0.2) is 12.1 Å². The standard InChI is InChI=1S/C11H11NO3/c12-8-3-1-7-6(10(8)13)2-4-9-11(7)15-5-14-9/h2,4,8H,1,3,5,12H2. The van der Waals surface area contributed by atoms with Crippen molar-refractivity contribution in [3.05, 3.63) is 23.3 Å². The number of ketones is 1. The SMILES string of the molecule is NC1CCc2c(ccc3c2OCO3)C1=O. The Kier molecular flexibility index (Phi) is 1.73. The summed E-state index contributed by atoms with van der Waals surface area (Å²) >= 11 is 0. The van der Waals surface area contributed by atoms with Gasteiger partial charge in [0.25, 0.3) is 0 Å². The Balaban J connectivity index is 2.17. The Labute approximate surface area is 87.0 Å². The van der Waals surface area contributed by atoms with Gasteiger partial charge in [-0.1, -0.05) is 0 Å². The summed E-state index contributed by atoms with van der Waals surface area (Å²) < 4.78 is 10.6. The molecule has 4 heteroatoms. The highest BCUT2D eigenvalue weighted by molar-refractivity contribution is 6.03. The first-order valence-electron chi connectivity index (χ1n) is 4.98. The van der Waals surface area contributed by atoms with Gasteiger partial charge in [-0.15, -0.1) is 0 Å². The van der Waals surface area contributed by atoms with Crippen molar-refractivity contribution >= 4 is 5.78 Å². The number of fused-ring (bicyclic) bond motifs is 3. The van der Waals surface area contributed by atoms with Crippen LogP contribution in [0.25, 0.3) is 0 Å². The third kappa shape index (κ3) is 1.15. The second kappa shape index (κ2) is 2.97. The first-order valence-corrected chi connectivity index (χ1v) is 4.98. The van der Waals surface area contributed by atoms with Crippen LogP contribution >= 0.6 is 0 Å². The van der Waals surface area contributed by atoms with Crippen molar-refractivity contribution in [1.29, 1.82) is 0 Å². The van der Waals surface area contributed by atoms with Crippen LogP contribution < -0.4 is 15.2 Å². The molecule has 0 saturated carbocycles. The zero-order chi connectivity index (χ0) is 10.4. The molecule has 1 atom stereocenters. The molecule has 0 radical (unpaired) electrons. The van der Waals surface area contributed by atoms with E-state index in [9.17, 15) is 4.79 Å². The molecule has 15 heavy (non-hydrogen) atoms. The van der Waals surface area contributed by atoms with Crippen LogP contribution in [0.2, 0.25) is 0 Å². The van der Waals surface area contributed by atoms with Crippen LogP contribution in [0.4, 0.5) is 0 Å². The lowest BCUT2D eigenvalue weighted by molar-refractivity contribution is 0.0947. The maximum atomic E-state index is 11.8. The molecular weight excluding hydrogens is 194 g/mol. The quantitative estimate of drug-likeness (QED) is 0.682. The van der Waals surface area contributed by atoms with Crippen LogP contribution in [-0.2, 0) is 6.42 Å². The molecule has 78 valence electrons. The molecular formula is C11H11NO3. The van der Waals surface area contributed by atoms with Gasteiger partial charge in [0.05, 0.1) is 6.04 Å². The third-order valence-electron chi connectivity index (χ3n) is 2.95. The predicted octanol–water partition coefficient (Wildman–Crippen LogP) is 0.871. The molecule has 0 amide bonds. The Morgan fingerprint density at radius 2 is 2.20 bits per heavy atom. The van der Waals surface area contributed by atoms with Crippen LogP contribution in [-0.4, -0.2) is 18.6 Å². The molecule has 1 aromatic rings. The van der Waals surface area contributed by atoms with E-state index in [1.54, 1.807) is 12.1 Å². The topological polar surface area (TPSA) is 61.6 Å². The van der Waals surface area contributed by atoms with Gasteiger partial charge in [-0.3, -0.25) is 4.79 Å². The van der Waals surface area contributed by atoms with Gasteiger partial charge in [0.15, 0.2) is 17.3 Å². The highest BCUT2D eigenvalue weighted by Gasteiger charge is 2.30. The number of rotatable bonds is 0. The van der Waals surface area contributed by atoms with E-state index >= 15 is 0 Å². The third-order valence-corrected chi connectivity index (χ3v) is 2.95. The molecule has 0 bridgehead atoms. The Bertz CT molecular complexity index is 442. The lowest BCUT2D eigenvalue weighted by atomic mass is 9.87. The average Bonchev–Trinajstić information content (AvgIpc) is 2.71. The fourth-order valence-electron chi connectivity index (χ4n) is 2.14. The normalized spacial score (nSPS) is 22.7. The molecule has 1 aliphatic heterocycles. The number of hydrogen-bond donors (Lipinski definition) is 1. The smallest absolute Gasteiger partial charge is 0.231 e. The minimum atomic E-state index is -0.363. The lowest BCUT2D eigenvalue weighted by Crippen LogP contribution is -2.35. The summed E-state index contributed by atoms with van der Waals surface area (Å²) in [6, 6.07) is 3.19. The van der Waals surface area contributed by atoms with Crippen molar-refractivity contribution in [1.82, 2.24) is 0 Å². The second-order valence-corrected chi connectivity index (χ2v) is 3.83.